The number of hydrogen-bond donors (Lipinski definition) is 2. The summed E-state index contributed by atoms with van der Waals surface area (Å²) in [6.45, 7) is 9.94. The van der Waals surface area contributed by atoms with Crippen LogP contribution in [-0.2, 0) is 16.1 Å². The molecule has 0 spiro atoms. The van der Waals surface area contributed by atoms with Gasteiger partial charge < -0.3 is 24.8 Å². The van der Waals surface area contributed by atoms with E-state index in [0.29, 0.717) is 18.4 Å². The third kappa shape index (κ3) is 9.17. The molecule has 0 saturated carbocycles. The first-order valence-corrected chi connectivity index (χ1v) is 10.5. The highest BCUT2D eigenvalue weighted by atomic mass is 127. The summed E-state index contributed by atoms with van der Waals surface area (Å²) in [7, 11) is 3.45. The first-order valence-electron chi connectivity index (χ1n) is 10.5. The standard InChI is InChI=1S/C20H36N6O3.HI/c1-5-16(6-2)18-13-17(29-24-18)14-22-20(23-15-19(27)25(3)4)21-7-8-26-9-11-28-12-10-26;/h13,16H,5-12,14-15H2,1-4H3,(H2,21,22,23);1H. The number of hydrogen-bond acceptors (Lipinski definition) is 6. The largest absolute Gasteiger partial charge is 0.379 e. The third-order valence-corrected chi connectivity index (χ3v) is 5.11. The highest BCUT2D eigenvalue weighted by Gasteiger charge is 2.14. The predicted octanol–water partition coefficient (Wildman–Crippen LogP) is 1.65. The average Bonchev–Trinajstić information content (AvgIpc) is 3.19. The number of aliphatic imine (C=N–C) groups is 1. The van der Waals surface area contributed by atoms with E-state index in [4.69, 9.17) is 9.26 Å². The van der Waals surface area contributed by atoms with Gasteiger partial charge in [0.25, 0.3) is 0 Å². The minimum absolute atomic E-state index is 0. The van der Waals surface area contributed by atoms with Crippen molar-refractivity contribution in [3.63, 3.8) is 0 Å². The Morgan fingerprint density at radius 1 is 1.27 bits per heavy atom. The van der Waals surface area contributed by atoms with Crippen molar-refractivity contribution in [3.05, 3.63) is 17.5 Å². The first kappa shape index (κ1) is 26.6. The van der Waals surface area contributed by atoms with Crippen LogP contribution < -0.4 is 10.6 Å². The van der Waals surface area contributed by atoms with Gasteiger partial charge in [-0.15, -0.1) is 24.0 Å². The predicted molar refractivity (Wildman–Crippen MR) is 128 cm³/mol. The minimum atomic E-state index is -0.0463. The molecule has 2 N–H and O–H groups in total. The van der Waals surface area contributed by atoms with Crippen LogP contribution in [-0.4, -0.2) is 86.9 Å². The lowest BCUT2D eigenvalue weighted by Gasteiger charge is -2.26. The lowest BCUT2D eigenvalue weighted by molar-refractivity contribution is -0.127. The fourth-order valence-corrected chi connectivity index (χ4v) is 3.10. The molecule has 0 bridgehead atoms. The first-order chi connectivity index (χ1) is 14.0. The summed E-state index contributed by atoms with van der Waals surface area (Å²) in [4.78, 5) is 20.2. The van der Waals surface area contributed by atoms with Gasteiger partial charge in [0.2, 0.25) is 5.91 Å². The maximum absolute atomic E-state index is 11.9. The number of amides is 1. The number of aromatic nitrogens is 1. The molecule has 1 aromatic rings. The smallest absolute Gasteiger partial charge is 0.243 e. The molecular formula is C20H37IN6O3. The second kappa shape index (κ2) is 14.6. The fraction of sp³-hybridized carbons (Fsp3) is 0.750. The molecule has 30 heavy (non-hydrogen) atoms. The number of ether oxygens (including phenoxy) is 1. The molecule has 1 fully saturated rings. The number of morpholine rings is 1. The molecule has 1 saturated heterocycles. The van der Waals surface area contributed by atoms with Crippen molar-refractivity contribution in [1.29, 1.82) is 0 Å². The molecule has 1 aromatic heterocycles. The van der Waals surface area contributed by atoms with E-state index in [1.807, 2.05) is 6.07 Å². The van der Waals surface area contributed by atoms with Crippen LogP contribution in [0.5, 0.6) is 0 Å². The summed E-state index contributed by atoms with van der Waals surface area (Å²) in [5.74, 6) is 1.72. The van der Waals surface area contributed by atoms with Crippen LogP contribution in [0.1, 0.15) is 44.1 Å². The fourth-order valence-electron chi connectivity index (χ4n) is 3.10. The highest BCUT2D eigenvalue weighted by molar-refractivity contribution is 14.0. The van der Waals surface area contributed by atoms with E-state index >= 15 is 0 Å². The van der Waals surface area contributed by atoms with Gasteiger partial charge in [-0.1, -0.05) is 19.0 Å². The van der Waals surface area contributed by atoms with E-state index in [-0.39, 0.29) is 36.4 Å². The Morgan fingerprint density at radius 2 is 1.97 bits per heavy atom. The molecule has 0 aliphatic carbocycles. The summed E-state index contributed by atoms with van der Waals surface area (Å²) >= 11 is 0. The van der Waals surface area contributed by atoms with Crippen molar-refractivity contribution in [1.82, 2.24) is 25.6 Å². The topological polar surface area (TPSA) is 95.2 Å². The summed E-state index contributed by atoms with van der Waals surface area (Å²) < 4.78 is 10.9. The molecular weight excluding hydrogens is 499 g/mol. The zero-order valence-corrected chi connectivity index (χ0v) is 21.0. The molecule has 0 unspecified atom stereocenters. The number of nitrogens with one attached hydrogen (secondary N) is 2. The zero-order chi connectivity index (χ0) is 21.1. The van der Waals surface area contributed by atoms with Crippen molar-refractivity contribution in [3.8, 4) is 0 Å². The van der Waals surface area contributed by atoms with Crippen LogP contribution in [0.2, 0.25) is 0 Å². The van der Waals surface area contributed by atoms with Gasteiger partial charge in [-0.3, -0.25) is 9.69 Å². The van der Waals surface area contributed by atoms with Crippen LogP contribution >= 0.6 is 24.0 Å². The van der Waals surface area contributed by atoms with Gasteiger partial charge in [0.05, 0.1) is 25.5 Å². The summed E-state index contributed by atoms with van der Waals surface area (Å²) in [5, 5.41) is 10.8. The van der Waals surface area contributed by atoms with E-state index in [0.717, 1.165) is 63.7 Å². The van der Waals surface area contributed by atoms with Crippen LogP contribution in [0.4, 0.5) is 0 Å². The number of carbonyl (C=O) groups excluding carboxylic acids is 1. The minimum Gasteiger partial charge on any atom is -0.379 e. The van der Waals surface area contributed by atoms with Gasteiger partial charge in [0.1, 0.15) is 6.54 Å². The van der Waals surface area contributed by atoms with Gasteiger partial charge in [-0.2, -0.15) is 0 Å². The lowest BCUT2D eigenvalue weighted by atomic mass is 9.99. The SMILES string of the molecule is CCC(CC)c1cc(CNC(=NCC(=O)N(C)C)NCCN2CCOCC2)on1.I. The van der Waals surface area contributed by atoms with Gasteiger partial charge in [-0.25, -0.2) is 4.99 Å². The molecule has 0 aromatic carbocycles. The molecule has 1 aliphatic heterocycles. The van der Waals surface area contributed by atoms with E-state index < -0.39 is 0 Å². The third-order valence-electron chi connectivity index (χ3n) is 5.11. The molecule has 1 aliphatic rings. The van der Waals surface area contributed by atoms with E-state index in [2.05, 4.69) is 39.5 Å². The van der Waals surface area contributed by atoms with Gasteiger partial charge >= 0.3 is 0 Å². The van der Waals surface area contributed by atoms with Crippen molar-refractivity contribution < 1.29 is 14.1 Å². The summed E-state index contributed by atoms with van der Waals surface area (Å²) in [6.07, 6.45) is 2.08. The van der Waals surface area contributed by atoms with Crippen molar-refractivity contribution in [2.75, 3.05) is 60.0 Å². The molecule has 9 nitrogen and oxygen atoms in total. The zero-order valence-electron chi connectivity index (χ0n) is 18.6. The maximum atomic E-state index is 11.9. The Labute approximate surface area is 197 Å². The van der Waals surface area contributed by atoms with Gasteiger partial charge in [-0.05, 0) is 12.8 Å². The number of guanidine groups is 1. The molecule has 1 amide bonds. The van der Waals surface area contributed by atoms with E-state index in [9.17, 15) is 4.79 Å². The van der Waals surface area contributed by atoms with E-state index in [1.54, 1.807) is 14.1 Å². The number of nitrogens with zero attached hydrogens (tertiary/aromatic N) is 4. The number of likely N-dealkylation sites (N-methyl/N-ethyl adjacent to an activating group) is 1. The van der Waals surface area contributed by atoms with Gasteiger partial charge in [0, 0.05) is 52.3 Å². The quantitative estimate of drug-likeness (QED) is 0.267. The van der Waals surface area contributed by atoms with Crippen LogP contribution in [0.3, 0.4) is 0 Å². The Kier molecular flexibility index (Phi) is 12.9. The van der Waals surface area contributed by atoms with E-state index in [1.165, 1.54) is 4.90 Å². The maximum Gasteiger partial charge on any atom is 0.243 e. The molecule has 2 rings (SSSR count). The Morgan fingerprint density at radius 3 is 2.60 bits per heavy atom. The van der Waals surface area contributed by atoms with Crippen LogP contribution in [0, 0.1) is 0 Å². The van der Waals surface area contributed by atoms with Crippen molar-refractivity contribution in [2.45, 2.75) is 39.2 Å². The average molecular weight is 536 g/mol. The molecule has 0 atom stereocenters. The van der Waals surface area contributed by atoms with Crippen molar-refractivity contribution >= 4 is 35.8 Å². The lowest BCUT2D eigenvalue weighted by Crippen LogP contribution is -2.44. The number of rotatable bonds is 10. The normalized spacial score (nSPS) is 15.0. The highest BCUT2D eigenvalue weighted by Crippen LogP contribution is 2.22. The summed E-state index contributed by atoms with van der Waals surface area (Å²) in [5.41, 5.74) is 0.994. The van der Waals surface area contributed by atoms with Crippen molar-refractivity contribution in [2.24, 2.45) is 4.99 Å². The second-order valence-corrected chi connectivity index (χ2v) is 7.42. The molecule has 10 heteroatoms. The van der Waals surface area contributed by atoms with Gasteiger partial charge in [0.15, 0.2) is 11.7 Å². The number of halogens is 1. The Bertz CT molecular complexity index is 642. The Hall–Kier alpha value is -1.40. The second-order valence-electron chi connectivity index (χ2n) is 7.42. The monoisotopic (exact) mass is 536 g/mol. The molecule has 172 valence electrons. The van der Waals surface area contributed by atoms with Crippen LogP contribution in [0.15, 0.2) is 15.6 Å². The van der Waals surface area contributed by atoms with Crippen LogP contribution in [0.25, 0.3) is 0 Å². The Balaban J connectivity index is 0.00000450. The summed E-state index contributed by atoms with van der Waals surface area (Å²) in [6, 6.07) is 2.00. The molecule has 2 heterocycles. The molecule has 0 radical (unpaired) electrons. The number of carbonyl (C=O) groups is 1.